The van der Waals surface area contributed by atoms with Crippen molar-refractivity contribution in [3.63, 3.8) is 0 Å². The van der Waals surface area contributed by atoms with Gasteiger partial charge in [0.2, 0.25) is 0 Å². The molecule has 2 aromatic rings. The minimum atomic E-state index is -4.73. The molecule has 9 heteroatoms. The highest BCUT2D eigenvalue weighted by Crippen LogP contribution is 2.54. The van der Waals surface area contributed by atoms with Crippen LogP contribution in [0.1, 0.15) is 73.6 Å². The molecule has 0 aliphatic rings. The van der Waals surface area contributed by atoms with Crippen molar-refractivity contribution in [2.24, 2.45) is 5.41 Å². The van der Waals surface area contributed by atoms with E-state index in [2.05, 4.69) is 48.1 Å². The predicted octanol–water partition coefficient (Wildman–Crippen LogP) is 7.32. The summed E-state index contributed by atoms with van der Waals surface area (Å²) in [5, 5.41) is 4.57. The third kappa shape index (κ3) is 7.76. The average molecular weight is 536 g/mol. The zero-order valence-corrected chi connectivity index (χ0v) is 23.3. The van der Waals surface area contributed by atoms with Gasteiger partial charge in [-0.25, -0.2) is 9.67 Å². The Hall–Kier alpha value is -2.99. The van der Waals surface area contributed by atoms with Gasteiger partial charge in [0.25, 0.3) is 0 Å². The third-order valence-corrected chi connectivity index (χ3v) is 6.44. The van der Waals surface area contributed by atoms with Gasteiger partial charge in [0.15, 0.2) is 0 Å². The molecule has 2 unspecified atom stereocenters. The molecule has 2 atom stereocenters. The Morgan fingerprint density at radius 1 is 1.03 bits per heavy atom. The average Bonchev–Trinajstić information content (AvgIpc) is 3.31. The van der Waals surface area contributed by atoms with E-state index in [0.29, 0.717) is 38.0 Å². The van der Waals surface area contributed by atoms with E-state index in [1.165, 1.54) is 30.6 Å². The third-order valence-electron chi connectivity index (χ3n) is 6.44. The van der Waals surface area contributed by atoms with Crippen LogP contribution in [0.25, 0.3) is 0 Å². The van der Waals surface area contributed by atoms with Crippen molar-refractivity contribution < 1.29 is 27.4 Å². The van der Waals surface area contributed by atoms with Crippen molar-refractivity contribution in [3.8, 4) is 23.8 Å². The molecule has 2 rings (SSSR count). The predicted molar refractivity (Wildman–Crippen MR) is 142 cm³/mol. The highest BCUT2D eigenvalue weighted by molar-refractivity contribution is 5.31. The number of unbranched alkanes of at least 4 members (excludes halogenated alkanes) is 1. The first-order valence-corrected chi connectivity index (χ1v) is 12.7. The summed E-state index contributed by atoms with van der Waals surface area (Å²) >= 11 is 0. The van der Waals surface area contributed by atoms with Crippen molar-refractivity contribution in [2.75, 3.05) is 6.61 Å². The van der Waals surface area contributed by atoms with Crippen LogP contribution >= 0.6 is 0 Å². The van der Waals surface area contributed by atoms with Gasteiger partial charge in [0.05, 0.1) is 17.7 Å². The maximum atomic E-state index is 12.4. The quantitative estimate of drug-likeness (QED) is 0.153. The molecule has 1 heterocycles. The number of hydrogen-bond donors (Lipinski definition) is 0. The number of nitrogens with zero attached hydrogens (tertiary/aromatic N) is 3. The summed E-state index contributed by atoms with van der Waals surface area (Å²) in [6, 6.07) is 5.36. The number of terminal acetylenes is 1. The molecule has 1 aromatic heterocycles. The van der Waals surface area contributed by atoms with Crippen molar-refractivity contribution in [1.82, 2.24) is 14.8 Å². The van der Waals surface area contributed by atoms with Crippen LogP contribution in [0.3, 0.4) is 0 Å². The highest BCUT2D eigenvalue weighted by atomic mass is 19.4. The summed E-state index contributed by atoms with van der Waals surface area (Å²) in [7, 11) is 0. The molecule has 0 amide bonds. The van der Waals surface area contributed by atoms with Crippen LogP contribution in [0.2, 0.25) is 0 Å². The van der Waals surface area contributed by atoms with Crippen molar-refractivity contribution in [2.45, 2.75) is 96.7 Å². The van der Waals surface area contributed by atoms with Gasteiger partial charge >= 0.3 is 6.36 Å². The monoisotopic (exact) mass is 535 g/mol. The second-order valence-corrected chi connectivity index (χ2v) is 11.4. The fourth-order valence-corrected chi connectivity index (χ4v) is 5.06. The summed E-state index contributed by atoms with van der Waals surface area (Å²) in [6.45, 7) is 16.8. The zero-order valence-electron chi connectivity index (χ0n) is 23.3. The zero-order chi connectivity index (χ0) is 28.7. The summed E-state index contributed by atoms with van der Waals surface area (Å²) < 4.78 is 55.7. The van der Waals surface area contributed by atoms with Crippen molar-refractivity contribution in [3.05, 3.63) is 49.6 Å². The number of halogens is 3. The molecule has 38 heavy (non-hydrogen) atoms. The molecule has 0 spiro atoms. The van der Waals surface area contributed by atoms with Crippen LogP contribution in [-0.2, 0) is 10.3 Å². The van der Waals surface area contributed by atoms with Crippen LogP contribution in [0.4, 0.5) is 13.2 Å². The molecular formula is C29H40F3N3O3. The first-order valence-electron chi connectivity index (χ1n) is 12.7. The van der Waals surface area contributed by atoms with E-state index in [-0.39, 0.29) is 5.75 Å². The minimum absolute atomic E-state index is 0.294. The fraction of sp³-hybridized carbons (Fsp3) is 0.586. The minimum Gasteiger partial charge on any atom is -0.494 e. The second-order valence-electron chi connectivity index (χ2n) is 11.4. The maximum absolute atomic E-state index is 12.4. The van der Waals surface area contributed by atoms with E-state index >= 15 is 0 Å². The Morgan fingerprint density at radius 3 is 2.13 bits per heavy atom. The van der Waals surface area contributed by atoms with Crippen molar-refractivity contribution in [1.29, 1.82) is 0 Å². The number of alkyl halides is 3. The molecular weight excluding hydrogens is 495 g/mol. The van der Waals surface area contributed by atoms with Gasteiger partial charge in [-0.2, -0.15) is 5.10 Å². The van der Waals surface area contributed by atoms with E-state index in [1.807, 2.05) is 31.5 Å². The highest BCUT2D eigenvalue weighted by Gasteiger charge is 2.60. The Bertz CT molecular complexity index is 1050. The number of benzene rings is 1. The molecule has 0 aliphatic heterocycles. The van der Waals surface area contributed by atoms with Gasteiger partial charge < -0.3 is 14.2 Å². The summed E-state index contributed by atoms with van der Waals surface area (Å²) in [6.07, 6.45) is 9.28. The molecule has 0 N–H and O–H groups in total. The molecule has 0 bridgehead atoms. The Balaban J connectivity index is 2.30. The molecule has 0 fully saturated rings. The van der Waals surface area contributed by atoms with Crippen LogP contribution in [-0.4, -0.2) is 38.9 Å². The summed E-state index contributed by atoms with van der Waals surface area (Å²) in [5.41, 5.74) is -2.41. The lowest BCUT2D eigenvalue weighted by atomic mass is 9.59. The molecule has 210 valence electrons. The lowest BCUT2D eigenvalue weighted by molar-refractivity contribution is -0.274. The van der Waals surface area contributed by atoms with E-state index in [4.69, 9.17) is 15.9 Å². The van der Waals surface area contributed by atoms with Gasteiger partial charge in [0, 0.05) is 6.42 Å². The molecule has 0 saturated carbocycles. The SMILES string of the molecule is C#CCC(OC(C)(C)C)(C(C)(C)C)C(CC=C)(CCCCOc1ccc(OC(F)(F)F)cc1)n1cncn1. The lowest BCUT2D eigenvalue weighted by Gasteiger charge is -2.58. The Kier molecular flexibility index (Phi) is 10.1. The first-order chi connectivity index (χ1) is 17.6. The number of ether oxygens (including phenoxy) is 3. The van der Waals surface area contributed by atoms with Crippen LogP contribution in [0, 0.1) is 17.8 Å². The van der Waals surface area contributed by atoms with Crippen LogP contribution in [0.5, 0.6) is 11.5 Å². The number of aromatic nitrogens is 3. The van der Waals surface area contributed by atoms with Gasteiger partial charge in [-0.3, -0.25) is 0 Å². The largest absolute Gasteiger partial charge is 0.573 e. The summed E-state index contributed by atoms with van der Waals surface area (Å²) in [4.78, 5) is 4.24. The molecule has 6 nitrogen and oxygen atoms in total. The Labute approximate surface area is 224 Å². The molecule has 1 aromatic carbocycles. The number of hydrogen-bond acceptors (Lipinski definition) is 5. The van der Waals surface area contributed by atoms with Crippen molar-refractivity contribution >= 4 is 0 Å². The first kappa shape index (κ1) is 31.2. The molecule has 0 saturated heterocycles. The smallest absolute Gasteiger partial charge is 0.494 e. The van der Waals surface area contributed by atoms with Gasteiger partial charge in [-0.15, -0.1) is 32.1 Å². The normalized spacial score (nSPS) is 15.7. The standard InChI is InChI=1S/C29H40F3N3O3/c1-9-17-27(35-22-33-21-34-35,28(18-10-2,25(3,4)5)38-26(6,7)8)19-11-12-20-36-23-13-15-24(16-14-23)37-29(30,31)32/h2,9,13-16,21-22H,1,11-12,17-20H2,3-8H3. The molecule has 0 radical (unpaired) electrons. The summed E-state index contributed by atoms with van der Waals surface area (Å²) in [5.74, 6) is 3.04. The van der Waals surface area contributed by atoms with E-state index in [0.717, 1.165) is 6.42 Å². The van der Waals surface area contributed by atoms with E-state index < -0.39 is 28.5 Å². The van der Waals surface area contributed by atoms with Gasteiger partial charge in [-0.1, -0.05) is 26.8 Å². The number of rotatable bonds is 13. The van der Waals surface area contributed by atoms with E-state index in [1.54, 1.807) is 6.33 Å². The van der Waals surface area contributed by atoms with Gasteiger partial charge in [-0.05, 0) is 76.1 Å². The second kappa shape index (κ2) is 12.2. The van der Waals surface area contributed by atoms with Crippen LogP contribution in [0.15, 0.2) is 49.6 Å². The van der Waals surface area contributed by atoms with E-state index in [9.17, 15) is 13.2 Å². The topological polar surface area (TPSA) is 58.4 Å². The Morgan fingerprint density at radius 2 is 1.66 bits per heavy atom. The fourth-order valence-electron chi connectivity index (χ4n) is 5.06. The number of allylic oxidation sites excluding steroid dienone is 1. The maximum Gasteiger partial charge on any atom is 0.573 e. The lowest BCUT2D eigenvalue weighted by Crippen LogP contribution is -2.65. The van der Waals surface area contributed by atoms with Crippen LogP contribution < -0.4 is 9.47 Å². The van der Waals surface area contributed by atoms with Gasteiger partial charge in [0.1, 0.15) is 29.8 Å². The molecule has 0 aliphatic carbocycles.